The van der Waals surface area contributed by atoms with Crippen LogP contribution in [-0.2, 0) is 11.3 Å². The summed E-state index contributed by atoms with van der Waals surface area (Å²) in [7, 11) is 0. The first-order valence-electron chi connectivity index (χ1n) is 4.55. The van der Waals surface area contributed by atoms with Crippen LogP contribution >= 0.6 is 0 Å². The van der Waals surface area contributed by atoms with Gasteiger partial charge in [-0.05, 0) is 12.5 Å². The molecule has 1 N–H and O–H groups in total. The topological polar surface area (TPSA) is 29.5 Å². The van der Waals surface area contributed by atoms with E-state index in [1.807, 2.05) is 30.3 Å². The first kappa shape index (κ1) is 11.1. The zero-order valence-electron chi connectivity index (χ0n) is 8.24. The van der Waals surface area contributed by atoms with Gasteiger partial charge in [-0.3, -0.25) is 0 Å². The molecule has 3 heteroatoms. The fourth-order valence-electron chi connectivity index (χ4n) is 1.00. The molecule has 0 aliphatic carbocycles. The Morgan fingerprint density at radius 1 is 1.36 bits per heavy atom. The van der Waals surface area contributed by atoms with E-state index in [0.717, 1.165) is 5.56 Å². The van der Waals surface area contributed by atoms with Crippen molar-refractivity contribution in [3.05, 3.63) is 35.9 Å². The number of hydrogen-bond donors (Lipinski definition) is 1. The normalized spacial score (nSPS) is 15.1. The van der Waals surface area contributed by atoms with Gasteiger partial charge in [0.2, 0.25) is 0 Å². The highest BCUT2D eigenvalue weighted by Gasteiger charge is 2.21. The van der Waals surface area contributed by atoms with Crippen molar-refractivity contribution < 1.29 is 14.2 Å². The monoisotopic (exact) mass is 198 g/mol. The minimum atomic E-state index is -1.64. The highest BCUT2D eigenvalue weighted by Crippen LogP contribution is 2.10. The van der Waals surface area contributed by atoms with E-state index in [4.69, 9.17) is 9.84 Å². The van der Waals surface area contributed by atoms with Gasteiger partial charge in [0.25, 0.3) is 0 Å². The Balaban J connectivity index is 2.29. The van der Waals surface area contributed by atoms with Crippen molar-refractivity contribution >= 4 is 0 Å². The third kappa shape index (κ3) is 3.85. The zero-order chi connectivity index (χ0) is 10.4. The minimum absolute atomic E-state index is 0.0849. The lowest BCUT2D eigenvalue weighted by Gasteiger charge is -2.16. The van der Waals surface area contributed by atoms with Crippen LogP contribution in [0, 0.1) is 0 Å². The van der Waals surface area contributed by atoms with Crippen molar-refractivity contribution in [2.75, 3.05) is 13.2 Å². The summed E-state index contributed by atoms with van der Waals surface area (Å²) in [5, 5.41) is 8.64. The second kappa shape index (κ2) is 5.08. The van der Waals surface area contributed by atoms with E-state index < -0.39 is 12.3 Å². The predicted octanol–water partition coefficient (Wildman–Crippen LogP) is 1.92. The number of aliphatic hydroxyl groups is 1. The van der Waals surface area contributed by atoms with Crippen LogP contribution in [0.5, 0.6) is 0 Å². The molecule has 0 saturated carbocycles. The summed E-state index contributed by atoms with van der Waals surface area (Å²) in [5.74, 6) is 0. The molecule has 0 heterocycles. The van der Waals surface area contributed by atoms with Crippen molar-refractivity contribution in [3.8, 4) is 0 Å². The SMILES string of the molecule is CC(F)(CO)COCc1ccccc1. The van der Waals surface area contributed by atoms with Crippen LogP contribution < -0.4 is 0 Å². The van der Waals surface area contributed by atoms with E-state index in [1.54, 1.807) is 0 Å². The van der Waals surface area contributed by atoms with Crippen molar-refractivity contribution in [1.29, 1.82) is 0 Å². The summed E-state index contributed by atoms with van der Waals surface area (Å²) < 4.78 is 18.3. The highest BCUT2D eigenvalue weighted by molar-refractivity contribution is 5.13. The molecular weight excluding hydrogens is 183 g/mol. The molecule has 2 nitrogen and oxygen atoms in total. The van der Waals surface area contributed by atoms with E-state index in [1.165, 1.54) is 6.92 Å². The lowest BCUT2D eigenvalue weighted by atomic mass is 10.2. The number of benzene rings is 1. The van der Waals surface area contributed by atoms with Crippen LogP contribution in [0.1, 0.15) is 12.5 Å². The van der Waals surface area contributed by atoms with Crippen molar-refractivity contribution in [2.24, 2.45) is 0 Å². The van der Waals surface area contributed by atoms with Gasteiger partial charge in [-0.15, -0.1) is 0 Å². The van der Waals surface area contributed by atoms with Crippen LogP contribution in [0.3, 0.4) is 0 Å². The third-order valence-corrected chi connectivity index (χ3v) is 1.84. The lowest BCUT2D eigenvalue weighted by Crippen LogP contribution is -2.29. The Hall–Kier alpha value is -0.930. The molecule has 1 aromatic carbocycles. The van der Waals surface area contributed by atoms with Crippen LogP contribution in [0.2, 0.25) is 0 Å². The molecule has 1 aromatic rings. The zero-order valence-corrected chi connectivity index (χ0v) is 8.24. The van der Waals surface area contributed by atoms with Crippen LogP contribution in [0.4, 0.5) is 4.39 Å². The molecule has 78 valence electrons. The fourth-order valence-corrected chi connectivity index (χ4v) is 1.00. The molecule has 0 radical (unpaired) electrons. The Morgan fingerprint density at radius 3 is 2.57 bits per heavy atom. The smallest absolute Gasteiger partial charge is 0.154 e. The first-order chi connectivity index (χ1) is 6.64. The average Bonchev–Trinajstić information content (AvgIpc) is 2.19. The maximum absolute atomic E-state index is 13.1. The molecule has 0 fully saturated rings. The molecule has 1 unspecified atom stereocenters. The Kier molecular flexibility index (Phi) is 4.04. The number of aliphatic hydroxyl groups excluding tert-OH is 1. The van der Waals surface area contributed by atoms with E-state index in [-0.39, 0.29) is 6.61 Å². The van der Waals surface area contributed by atoms with Gasteiger partial charge < -0.3 is 9.84 Å². The maximum atomic E-state index is 13.1. The quantitative estimate of drug-likeness (QED) is 0.783. The summed E-state index contributed by atoms with van der Waals surface area (Å²) in [6, 6.07) is 9.54. The largest absolute Gasteiger partial charge is 0.393 e. The van der Waals surface area contributed by atoms with Gasteiger partial charge in [0.15, 0.2) is 5.67 Å². The Bertz CT molecular complexity index is 259. The molecule has 0 spiro atoms. The molecule has 0 aliphatic heterocycles. The molecule has 0 aromatic heterocycles. The van der Waals surface area contributed by atoms with Gasteiger partial charge in [0.1, 0.15) is 0 Å². The van der Waals surface area contributed by atoms with Gasteiger partial charge in [0, 0.05) is 0 Å². The lowest BCUT2D eigenvalue weighted by molar-refractivity contribution is -0.0148. The Labute approximate surface area is 83.3 Å². The van der Waals surface area contributed by atoms with E-state index in [0.29, 0.717) is 6.61 Å². The molecule has 0 bridgehead atoms. The average molecular weight is 198 g/mol. The number of hydrogen-bond acceptors (Lipinski definition) is 2. The van der Waals surface area contributed by atoms with Crippen LogP contribution in [-0.4, -0.2) is 24.0 Å². The van der Waals surface area contributed by atoms with Gasteiger partial charge in [-0.25, -0.2) is 4.39 Å². The summed E-state index contributed by atoms with van der Waals surface area (Å²) in [5.41, 5.74) is -0.643. The molecule has 0 aliphatic rings. The maximum Gasteiger partial charge on any atom is 0.154 e. The summed E-state index contributed by atoms with van der Waals surface area (Å²) in [6.45, 7) is 1.10. The fraction of sp³-hybridized carbons (Fsp3) is 0.455. The minimum Gasteiger partial charge on any atom is -0.393 e. The first-order valence-corrected chi connectivity index (χ1v) is 4.55. The van der Waals surface area contributed by atoms with Crippen LogP contribution in [0.15, 0.2) is 30.3 Å². The second-order valence-corrected chi connectivity index (χ2v) is 3.55. The molecule has 1 rings (SSSR count). The third-order valence-electron chi connectivity index (χ3n) is 1.84. The van der Waals surface area contributed by atoms with Gasteiger partial charge in [0.05, 0.1) is 19.8 Å². The highest BCUT2D eigenvalue weighted by atomic mass is 19.1. The molecule has 14 heavy (non-hydrogen) atoms. The number of rotatable bonds is 5. The number of ether oxygens (including phenoxy) is 1. The predicted molar refractivity (Wildman–Crippen MR) is 52.7 cm³/mol. The van der Waals surface area contributed by atoms with Crippen LogP contribution in [0.25, 0.3) is 0 Å². The van der Waals surface area contributed by atoms with E-state index in [9.17, 15) is 4.39 Å². The van der Waals surface area contributed by atoms with Crippen molar-refractivity contribution in [1.82, 2.24) is 0 Å². The molecule has 0 saturated heterocycles. The van der Waals surface area contributed by atoms with Gasteiger partial charge in [-0.1, -0.05) is 30.3 Å². The summed E-state index contributed by atoms with van der Waals surface area (Å²) in [4.78, 5) is 0. The van der Waals surface area contributed by atoms with Gasteiger partial charge in [-0.2, -0.15) is 0 Å². The van der Waals surface area contributed by atoms with Gasteiger partial charge >= 0.3 is 0 Å². The van der Waals surface area contributed by atoms with E-state index in [2.05, 4.69) is 0 Å². The summed E-state index contributed by atoms with van der Waals surface area (Å²) in [6.07, 6.45) is 0. The molecule has 1 atom stereocenters. The number of alkyl halides is 1. The second-order valence-electron chi connectivity index (χ2n) is 3.55. The summed E-state index contributed by atoms with van der Waals surface area (Å²) >= 11 is 0. The van der Waals surface area contributed by atoms with Crippen molar-refractivity contribution in [2.45, 2.75) is 19.2 Å². The standard InChI is InChI=1S/C11H15FO2/c1-11(12,8-13)9-14-7-10-5-3-2-4-6-10/h2-6,13H,7-9H2,1H3. The Morgan fingerprint density at radius 2 is 2.00 bits per heavy atom. The van der Waals surface area contributed by atoms with Crippen molar-refractivity contribution in [3.63, 3.8) is 0 Å². The molecular formula is C11H15FO2. The molecule has 0 amide bonds. The number of halogens is 1. The van der Waals surface area contributed by atoms with E-state index >= 15 is 0 Å².